The number of rotatable bonds is 18. The molecule has 4 aromatic rings. The van der Waals surface area contributed by atoms with Crippen molar-refractivity contribution in [3.63, 3.8) is 0 Å². The van der Waals surface area contributed by atoms with E-state index in [1.807, 2.05) is 30.3 Å². The minimum absolute atomic E-state index is 0.000748. The summed E-state index contributed by atoms with van der Waals surface area (Å²) in [7, 11) is 1.41. The van der Waals surface area contributed by atoms with Crippen molar-refractivity contribution < 1.29 is 38.2 Å². The van der Waals surface area contributed by atoms with Gasteiger partial charge in [0.15, 0.2) is 5.82 Å². The first kappa shape index (κ1) is 50.3. The highest BCUT2D eigenvalue weighted by Crippen LogP contribution is 2.43. The number of nitriles is 1. The van der Waals surface area contributed by atoms with Gasteiger partial charge in [0.1, 0.15) is 66.8 Å². The van der Waals surface area contributed by atoms with Crippen LogP contribution in [-0.4, -0.2) is 115 Å². The molecule has 1 unspecified atom stereocenters. The number of aromatic nitrogens is 2. The number of nitrogens with two attached hydrogens (primary N) is 3. The average molecular weight is 932 g/mol. The second-order valence-corrected chi connectivity index (χ2v) is 16.9. The first-order chi connectivity index (χ1) is 32.7. The van der Waals surface area contributed by atoms with E-state index in [1.165, 1.54) is 18.9 Å². The standard InChI is InChI=1S/C49H61N11O8/c1-6-49(16-17-49)68-34-11-8-32(9-12-34)43-55-28(2)41(29(3)56-43)46(63)58-37(15-18-50)48(65)60(5)42-33-10-14-40(67-24-21-53)36(27-33)35-25-31(7-13-39(35)66-23-20-52)26-38(45(62)54-22-19-51)59-44(61)30(4)57-47(42)64/h7-14,25,27,30,37-38,42H,6,15-18,20-24,26,50,52-53H2,1-5H3,(H,54,62)(H,57,64)(H,58,63)(H,59,61)/t30-,37?,38-,42-/m0/s1. The van der Waals surface area contributed by atoms with Gasteiger partial charge < -0.3 is 57.6 Å². The molecule has 4 atom stereocenters. The van der Waals surface area contributed by atoms with E-state index in [1.54, 1.807) is 50.2 Å². The molecule has 10 N–H and O–H groups in total. The molecule has 1 aliphatic heterocycles. The molecule has 0 saturated heterocycles. The van der Waals surface area contributed by atoms with Crippen molar-refractivity contribution in [2.45, 2.75) is 89.6 Å². The van der Waals surface area contributed by atoms with Crippen molar-refractivity contribution in [1.29, 1.82) is 5.26 Å². The van der Waals surface area contributed by atoms with Crippen LogP contribution in [0.1, 0.15) is 78.4 Å². The lowest BCUT2D eigenvalue weighted by Gasteiger charge is -2.32. The van der Waals surface area contributed by atoms with Gasteiger partial charge in [0, 0.05) is 43.2 Å². The molecule has 5 amide bonds. The van der Waals surface area contributed by atoms with Gasteiger partial charge in [-0.2, -0.15) is 5.26 Å². The minimum Gasteiger partial charge on any atom is -0.492 e. The Morgan fingerprint density at radius 2 is 1.53 bits per heavy atom. The van der Waals surface area contributed by atoms with Gasteiger partial charge in [0.2, 0.25) is 23.6 Å². The van der Waals surface area contributed by atoms with E-state index in [0.29, 0.717) is 51.0 Å². The number of hydrogen-bond donors (Lipinski definition) is 7. The Labute approximate surface area is 395 Å². The van der Waals surface area contributed by atoms with E-state index in [9.17, 15) is 29.2 Å². The Hall–Kier alpha value is -7.14. The van der Waals surface area contributed by atoms with Crippen molar-refractivity contribution in [3.05, 3.63) is 88.7 Å². The Morgan fingerprint density at radius 3 is 2.12 bits per heavy atom. The van der Waals surface area contributed by atoms with Crippen molar-refractivity contribution in [2.75, 3.05) is 46.4 Å². The fraction of sp³-hybridized carbons (Fsp3) is 0.429. The summed E-state index contributed by atoms with van der Waals surface area (Å²) in [6, 6.07) is 14.5. The molecule has 4 bridgehead atoms. The van der Waals surface area contributed by atoms with Crippen molar-refractivity contribution >= 4 is 29.5 Å². The van der Waals surface area contributed by atoms with E-state index in [0.717, 1.165) is 30.6 Å². The number of ether oxygens (including phenoxy) is 3. The van der Waals surface area contributed by atoms with Crippen LogP contribution in [0.5, 0.6) is 17.2 Å². The van der Waals surface area contributed by atoms with Gasteiger partial charge in [-0.1, -0.05) is 19.1 Å². The van der Waals surface area contributed by atoms with Gasteiger partial charge in [0.05, 0.1) is 23.0 Å². The topological polar surface area (TPSA) is 292 Å². The van der Waals surface area contributed by atoms with Gasteiger partial charge in [0.25, 0.3) is 5.91 Å². The maximum atomic E-state index is 14.8. The molecule has 19 nitrogen and oxygen atoms in total. The number of likely N-dealkylation sites (N-methyl/N-ethyl adjacent to an activating group) is 1. The number of aryl methyl sites for hydroxylation is 2. The summed E-state index contributed by atoms with van der Waals surface area (Å²) in [4.78, 5) is 81.2. The maximum absolute atomic E-state index is 14.8. The predicted molar refractivity (Wildman–Crippen MR) is 253 cm³/mol. The van der Waals surface area contributed by atoms with Gasteiger partial charge in [-0.15, -0.1) is 0 Å². The SMILES string of the molecule is CCC1(Oc2ccc(-c3nc(C)c(C(=O)NC(CCN)C(=O)N(C)[C@@H]4C(=O)N[C@@H](C)C(=O)N[C@H](C(=O)NCC#N)Cc5ccc(OCCN)c(c5)-c5cc4ccc5OCCN)c(C)n3)cc2)CC1. The van der Waals surface area contributed by atoms with Crippen LogP contribution in [0, 0.1) is 25.2 Å². The Bertz CT molecular complexity index is 2520. The summed E-state index contributed by atoms with van der Waals surface area (Å²) in [5.41, 5.74) is 21.2. The molecular formula is C49H61N11O8. The van der Waals surface area contributed by atoms with Crippen LogP contribution in [0.25, 0.3) is 22.5 Å². The zero-order valence-corrected chi connectivity index (χ0v) is 39.1. The van der Waals surface area contributed by atoms with E-state index >= 15 is 0 Å². The third-order valence-corrected chi connectivity index (χ3v) is 12.0. The molecule has 0 radical (unpaired) electrons. The highest BCUT2D eigenvalue weighted by atomic mass is 16.5. The van der Waals surface area contributed by atoms with E-state index in [4.69, 9.17) is 31.4 Å². The number of carbonyl (C=O) groups excluding carboxylic acids is 5. The number of fused-ring (bicyclic) bond motifs is 5. The molecule has 360 valence electrons. The van der Waals surface area contributed by atoms with Crippen molar-refractivity contribution in [3.8, 4) is 45.8 Å². The fourth-order valence-corrected chi connectivity index (χ4v) is 8.12. The predicted octanol–water partition coefficient (Wildman–Crippen LogP) is 2.26. The van der Waals surface area contributed by atoms with Gasteiger partial charge >= 0.3 is 0 Å². The second-order valence-electron chi connectivity index (χ2n) is 16.9. The second kappa shape index (κ2) is 22.6. The lowest BCUT2D eigenvalue weighted by Crippen LogP contribution is -2.56. The summed E-state index contributed by atoms with van der Waals surface area (Å²) >= 11 is 0. The summed E-state index contributed by atoms with van der Waals surface area (Å²) in [6.07, 6.45) is 2.98. The van der Waals surface area contributed by atoms with Crippen LogP contribution >= 0.6 is 0 Å². The smallest absolute Gasteiger partial charge is 0.255 e. The molecule has 1 saturated carbocycles. The molecule has 2 heterocycles. The summed E-state index contributed by atoms with van der Waals surface area (Å²) in [6.45, 7) is 7.27. The zero-order chi connectivity index (χ0) is 49.1. The highest BCUT2D eigenvalue weighted by Gasteiger charge is 2.43. The molecule has 3 aromatic carbocycles. The van der Waals surface area contributed by atoms with Crippen LogP contribution in [0.4, 0.5) is 0 Å². The molecule has 1 aromatic heterocycles. The molecule has 0 spiro atoms. The van der Waals surface area contributed by atoms with Crippen LogP contribution in [0.3, 0.4) is 0 Å². The average Bonchev–Trinajstić information content (AvgIpc) is 4.10. The monoisotopic (exact) mass is 931 g/mol. The van der Waals surface area contributed by atoms with Crippen LogP contribution in [0.15, 0.2) is 60.7 Å². The third-order valence-electron chi connectivity index (χ3n) is 12.0. The fourth-order valence-electron chi connectivity index (χ4n) is 8.12. The minimum atomic E-state index is -1.41. The van der Waals surface area contributed by atoms with Crippen molar-refractivity contribution in [2.24, 2.45) is 17.2 Å². The summed E-state index contributed by atoms with van der Waals surface area (Å²) in [5.74, 6) is -1.43. The number of carbonyl (C=O) groups is 5. The number of hydrogen-bond acceptors (Lipinski definition) is 14. The molecule has 1 aliphatic carbocycles. The van der Waals surface area contributed by atoms with E-state index in [2.05, 4.69) is 38.2 Å². The van der Waals surface area contributed by atoms with Gasteiger partial charge in [-0.25, -0.2) is 9.97 Å². The molecule has 19 heteroatoms. The van der Waals surface area contributed by atoms with Crippen molar-refractivity contribution in [1.82, 2.24) is 36.1 Å². The Balaban J connectivity index is 1.36. The van der Waals surface area contributed by atoms with Crippen LogP contribution < -0.4 is 52.7 Å². The van der Waals surface area contributed by atoms with Crippen LogP contribution in [0.2, 0.25) is 0 Å². The summed E-state index contributed by atoms with van der Waals surface area (Å²) in [5, 5.41) is 19.9. The molecular weight excluding hydrogens is 871 g/mol. The normalized spacial score (nSPS) is 17.8. The Kier molecular flexibility index (Phi) is 16.7. The van der Waals surface area contributed by atoms with Gasteiger partial charge in [-0.3, -0.25) is 24.0 Å². The lowest BCUT2D eigenvalue weighted by atomic mass is 9.93. The quantitative estimate of drug-likeness (QED) is 0.0705. The molecule has 68 heavy (non-hydrogen) atoms. The summed E-state index contributed by atoms with van der Waals surface area (Å²) < 4.78 is 18.4. The highest BCUT2D eigenvalue weighted by molar-refractivity contribution is 6.00. The number of nitrogens with one attached hydrogen (secondary N) is 4. The molecule has 1 fully saturated rings. The molecule has 6 rings (SSSR count). The van der Waals surface area contributed by atoms with Gasteiger partial charge in [-0.05, 0) is 113 Å². The Morgan fingerprint density at radius 1 is 0.897 bits per heavy atom. The first-order valence-corrected chi connectivity index (χ1v) is 22.8. The lowest BCUT2D eigenvalue weighted by molar-refractivity contribution is -0.141. The van der Waals surface area contributed by atoms with E-state index in [-0.39, 0.29) is 63.4 Å². The van der Waals surface area contributed by atoms with Crippen LogP contribution in [-0.2, 0) is 25.6 Å². The number of amides is 5. The van der Waals surface area contributed by atoms with E-state index < -0.39 is 53.7 Å². The molecule has 2 aliphatic rings. The zero-order valence-electron chi connectivity index (χ0n) is 39.1. The number of benzene rings is 3. The largest absolute Gasteiger partial charge is 0.492 e. The maximum Gasteiger partial charge on any atom is 0.255 e. The first-order valence-electron chi connectivity index (χ1n) is 22.8. The third kappa shape index (κ3) is 11.9. The number of nitrogens with zero attached hydrogens (tertiary/aromatic N) is 4.